The molecule has 1 aromatic carbocycles. The normalized spacial score (nSPS) is 25.8. The molecule has 2 unspecified atom stereocenters. The molecule has 0 bridgehead atoms. The van der Waals surface area contributed by atoms with Crippen molar-refractivity contribution in [2.24, 2.45) is 0 Å². The number of carbonyl (C=O) groups excluding carboxylic acids is 4. The molecule has 2 amide bonds. The highest BCUT2D eigenvalue weighted by Gasteiger charge is 2.46. The Kier molecular flexibility index (Phi) is 3.91. The van der Waals surface area contributed by atoms with Crippen molar-refractivity contribution in [3.63, 3.8) is 0 Å². The minimum absolute atomic E-state index is 0.00979. The largest absolute Gasteiger partial charge is 0.381 e. The number of fused-ring (bicyclic) bond motifs is 1. The van der Waals surface area contributed by atoms with E-state index >= 15 is 0 Å². The number of rotatable bonds is 3. The van der Waals surface area contributed by atoms with Gasteiger partial charge >= 0.3 is 0 Å². The molecule has 3 aliphatic rings. The number of imide groups is 1. The van der Waals surface area contributed by atoms with Crippen LogP contribution in [0.5, 0.6) is 0 Å². The lowest BCUT2D eigenvalue weighted by atomic mass is 9.90. The van der Waals surface area contributed by atoms with Crippen LogP contribution in [0, 0.1) is 5.41 Å². The molecule has 0 aromatic heterocycles. The number of hydrogen-bond acceptors (Lipinski definition) is 7. The highest BCUT2D eigenvalue weighted by atomic mass is 16.2. The Morgan fingerprint density at radius 1 is 1.08 bits per heavy atom. The lowest BCUT2D eigenvalue weighted by Crippen LogP contribution is -2.51. The Morgan fingerprint density at radius 2 is 1.85 bits per heavy atom. The van der Waals surface area contributed by atoms with Gasteiger partial charge in [0.05, 0.1) is 11.1 Å². The van der Waals surface area contributed by atoms with Gasteiger partial charge in [0.1, 0.15) is 11.8 Å². The number of nitrogens with zero attached hydrogens (tertiary/aromatic N) is 1. The summed E-state index contributed by atoms with van der Waals surface area (Å²) in [5.74, 6) is -2.39. The zero-order valence-electron chi connectivity index (χ0n) is 14.0. The molecule has 1 saturated heterocycles. The number of benzene rings is 1. The molecule has 1 aliphatic carbocycles. The van der Waals surface area contributed by atoms with Gasteiger partial charge in [0, 0.05) is 24.7 Å². The van der Waals surface area contributed by atoms with Crippen LogP contribution >= 0.6 is 0 Å². The van der Waals surface area contributed by atoms with Gasteiger partial charge in [-0.2, -0.15) is 0 Å². The predicted octanol–water partition coefficient (Wildman–Crippen LogP) is 0.377. The summed E-state index contributed by atoms with van der Waals surface area (Å²) in [6, 6.07) is 4.17. The minimum Gasteiger partial charge on any atom is -0.381 e. The molecule has 8 nitrogen and oxygen atoms in total. The number of anilines is 1. The number of amides is 2. The molecule has 3 N–H and O–H groups in total. The van der Waals surface area contributed by atoms with Crippen LogP contribution in [0.15, 0.2) is 18.2 Å². The molecular weight excluding hydrogens is 336 g/mol. The fourth-order valence-electron chi connectivity index (χ4n) is 3.72. The van der Waals surface area contributed by atoms with E-state index in [1.165, 1.54) is 0 Å². The molecule has 26 heavy (non-hydrogen) atoms. The fraction of sp³-hybridized carbons (Fsp3) is 0.389. The molecule has 2 atom stereocenters. The number of Topliss-reactive ketones (excluding diaryl/α,β-unsaturated/α-hetero) is 2. The first-order valence-corrected chi connectivity index (χ1v) is 8.62. The van der Waals surface area contributed by atoms with Crippen molar-refractivity contribution in [3.8, 4) is 0 Å². The highest BCUT2D eigenvalue weighted by Crippen LogP contribution is 2.30. The maximum Gasteiger partial charge on any atom is 0.262 e. The van der Waals surface area contributed by atoms with Crippen LogP contribution in [-0.2, 0) is 9.59 Å². The van der Waals surface area contributed by atoms with Crippen molar-refractivity contribution >= 4 is 34.8 Å². The van der Waals surface area contributed by atoms with Gasteiger partial charge in [0.2, 0.25) is 5.78 Å². The summed E-state index contributed by atoms with van der Waals surface area (Å²) in [5, 5.41) is 14.2. The first-order chi connectivity index (χ1) is 12.5. The van der Waals surface area contributed by atoms with E-state index in [2.05, 4.69) is 10.6 Å². The summed E-state index contributed by atoms with van der Waals surface area (Å²) in [7, 11) is 0. The fourth-order valence-corrected chi connectivity index (χ4v) is 3.72. The average Bonchev–Trinajstić information content (AvgIpc) is 3.22. The quantitative estimate of drug-likeness (QED) is 0.675. The lowest BCUT2D eigenvalue weighted by molar-refractivity contribution is -0.122. The first-order valence-electron chi connectivity index (χ1n) is 8.62. The summed E-state index contributed by atoms with van der Waals surface area (Å²) in [6.07, 6.45) is 1.04. The van der Waals surface area contributed by atoms with Crippen LogP contribution in [0.3, 0.4) is 0 Å². The maximum absolute atomic E-state index is 12.8. The average molecular weight is 354 g/mol. The monoisotopic (exact) mass is 354 g/mol. The Balaban J connectivity index is 1.60. The molecule has 1 saturated carbocycles. The molecular formula is C18H18N4O4. The van der Waals surface area contributed by atoms with Crippen molar-refractivity contribution in [3.05, 3.63) is 29.3 Å². The third-order valence-electron chi connectivity index (χ3n) is 5.13. The van der Waals surface area contributed by atoms with E-state index in [4.69, 9.17) is 5.41 Å². The van der Waals surface area contributed by atoms with Crippen molar-refractivity contribution in [2.75, 3.05) is 18.4 Å². The standard InChI is InChI=1S/C18H18N4O4/c19-15-14(23)4-3-13(16(15)24)22-17(25)11-2-1-9(7-12(11)18(22)26)21-10-5-6-20-8-10/h1-2,7,10,13,19-21H,3-6,8H2. The Morgan fingerprint density at radius 3 is 2.58 bits per heavy atom. The molecule has 134 valence electrons. The summed E-state index contributed by atoms with van der Waals surface area (Å²) in [4.78, 5) is 50.1. The molecule has 0 spiro atoms. The smallest absolute Gasteiger partial charge is 0.262 e. The van der Waals surface area contributed by atoms with Crippen LogP contribution in [0.2, 0.25) is 0 Å². The second-order valence-corrected chi connectivity index (χ2v) is 6.79. The van der Waals surface area contributed by atoms with Gasteiger partial charge in [0.25, 0.3) is 11.8 Å². The van der Waals surface area contributed by atoms with Crippen LogP contribution < -0.4 is 10.6 Å². The van der Waals surface area contributed by atoms with Crippen LogP contribution in [0.1, 0.15) is 40.0 Å². The number of ketones is 2. The molecule has 1 aromatic rings. The van der Waals surface area contributed by atoms with Gasteiger partial charge in [-0.15, -0.1) is 0 Å². The highest BCUT2D eigenvalue weighted by molar-refractivity contribution is 6.67. The van der Waals surface area contributed by atoms with Gasteiger partial charge in [0.15, 0.2) is 5.78 Å². The minimum atomic E-state index is -1.07. The number of carbonyl (C=O) groups is 4. The SMILES string of the molecule is N=C1C(=O)CCC(N2C(=O)c3ccc(NC4CCNC4)cc3C2=O)C1=O. The summed E-state index contributed by atoms with van der Waals surface area (Å²) >= 11 is 0. The van der Waals surface area contributed by atoms with Crippen molar-refractivity contribution in [2.45, 2.75) is 31.3 Å². The molecule has 4 rings (SSSR count). The second-order valence-electron chi connectivity index (χ2n) is 6.79. The van der Waals surface area contributed by atoms with E-state index < -0.39 is 35.1 Å². The number of hydrogen-bond donors (Lipinski definition) is 3. The van der Waals surface area contributed by atoms with Gasteiger partial charge in [-0.1, -0.05) is 0 Å². The third kappa shape index (κ3) is 2.53. The van der Waals surface area contributed by atoms with E-state index in [0.29, 0.717) is 0 Å². The van der Waals surface area contributed by atoms with E-state index in [9.17, 15) is 19.2 Å². The Labute approximate surface area is 149 Å². The third-order valence-corrected chi connectivity index (χ3v) is 5.13. The molecule has 2 heterocycles. The van der Waals surface area contributed by atoms with Gasteiger partial charge < -0.3 is 10.6 Å². The van der Waals surface area contributed by atoms with Crippen LogP contribution in [-0.4, -0.2) is 59.2 Å². The van der Waals surface area contributed by atoms with E-state index in [-0.39, 0.29) is 30.0 Å². The van der Waals surface area contributed by atoms with Crippen molar-refractivity contribution in [1.82, 2.24) is 10.2 Å². The van der Waals surface area contributed by atoms with E-state index in [0.717, 1.165) is 30.1 Å². The van der Waals surface area contributed by atoms with Crippen LogP contribution in [0.25, 0.3) is 0 Å². The summed E-state index contributed by atoms with van der Waals surface area (Å²) in [6.45, 7) is 1.77. The summed E-state index contributed by atoms with van der Waals surface area (Å²) in [5.41, 5.74) is 0.621. The molecule has 2 fully saturated rings. The lowest BCUT2D eigenvalue weighted by Gasteiger charge is -2.27. The molecule has 0 radical (unpaired) electrons. The maximum atomic E-state index is 12.8. The number of nitrogens with one attached hydrogen (secondary N) is 3. The van der Waals surface area contributed by atoms with E-state index in [1.54, 1.807) is 18.2 Å². The predicted molar refractivity (Wildman–Crippen MR) is 92.6 cm³/mol. The zero-order chi connectivity index (χ0) is 18.4. The second kappa shape index (κ2) is 6.14. The van der Waals surface area contributed by atoms with Gasteiger partial charge in [-0.05, 0) is 37.6 Å². The topological polar surface area (TPSA) is 119 Å². The Hall–Kier alpha value is -2.87. The Bertz CT molecular complexity index is 857. The molecule has 2 aliphatic heterocycles. The van der Waals surface area contributed by atoms with Gasteiger partial charge in [-0.25, -0.2) is 0 Å². The van der Waals surface area contributed by atoms with E-state index in [1.807, 2.05) is 0 Å². The first kappa shape index (κ1) is 16.6. The molecule has 8 heteroatoms. The van der Waals surface area contributed by atoms with Crippen molar-refractivity contribution < 1.29 is 19.2 Å². The zero-order valence-corrected chi connectivity index (χ0v) is 14.0. The van der Waals surface area contributed by atoms with Gasteiger partial charge in [-0.3, -0.25) is 29.5 Å². The summed E-state index contributed by atoms with van der Waals surface area (Å²) < 4.78 is 0. The van der Waals surface area contributed by atoms with Crippen molar-refractivity contribution in [1.29, 1.82) is 5.41 Å². The van der Waals surface area contributed by atoms with Crippen LogP contribution in [0.4, 0.5) is 5.69 Å².